The first-order valence-corrected chi connectivity index (χ1v) is 10.2. The zero-order valence-electron chi connectivity index (χ0n) is 15.1. The summed E-state index contributed by atoms with van der Waals surface area (Å²) < 4.78 is 42.6. The van der Waals surface area contributed by atoms with Crippen molar-refractivity contribution in [2.24, 2.45) is 4.40 Å². The Balaban J connectivity index is 2.26. The quantitative estimate of drug-likeness (QED) is 0.615. The van der Waals surface area contributed by atoms with Crippen LogP contribution in [0.25, 0.3) is 10.2 Å². The maximum atomic E-state index is 12.7. The number of aromatic nitrogens is 1. The number of ether oxygens (including phenoxy) is 2. The van der Waals surface area contributed by atoms with Gasteiger partial charge in [-0.1, -0.05) is 35.0 Å². The highest BCUT2D eigenvalue weighted by atomic mass is 32.2. The van der Waals surface area contributed by atoms with E-state index in [2.05, 4.69) is 10.3 Å². The second-order valence-electron chi connectivity index (χ2n) is 5.73. The first kappa shape index (κ1) is 19.0. The number of benzene rings is 2. The molecule has 0 fully saturated rings. The molecule has 0 radical (unpaired) electrons. The Kier molecular flexibility index (Phi) is 5.26. The predicted molar refractivity (Wildman–Crippen MR) is 106 cm³/mol. The largest absolute Gasteiger partial charge is 0.493 e. The van der Waals surface area contributed by atoms with Gasteiger partial charge >= 0.3 is 0 Å². The van der Waals surface area contributed by atoms with Gasteiger partial charge in [-0.3, -0.25) is 0 Å². The van der Waals surface area contributed by atoms with Crippen LogP contribution < -0.4 is 14.3 Å². The SMILES string of the molecule is C#CCn1/c(=N/S(=O)(=O)c2ccc(C)cc2)sc2cc(OC)c(OC)cc21. The second-order valence-corrected chi connectivity index (χ2v) is 8.34. The van der Waals surface area contributed by atoms with Crippen molar-refractivity contribution < 1.29 is 17.9 Å². The van der Waals surface area contributed by atoms with Crippen LogP contribution in [0.15, 0.2) is 45.7 Å². The molecule has 0 aliphatic rings. The van der Waals surface area contributed by atoms with Crippen molar-refractivity contribution in [3.8, 4) is 23.8 Å². The van der Waals surface area contributed by atoms with Crippen LogP contribution in [0.1, 0.15) is 5.56 Å². The van der Waals surface area contributed by atoms with E-state index in [0.717, 1.165) is 15.8 Å². The predicted octanol–water partition coefficient (Wildman–Crippen LogP) is 2.95. The van der Waals surface area contributed by atoms with Crippen molar-refractivity contribution in [2.45, 2.75) is 18.4 Å². The highest BCUT2D eigenvalue weighted by Crippen LogP contribution is 2.33. The highest BCUT2D eigenvalue weighted by molar-refractivity contribution is 7.90. The van der Waals surface area contributed by atoms with Gasteiger partial charge in [-0.25, -0.2) is 0 Å². The Morgan fingerprint density at radius 3 is 2.37 bits per heavy atom. The van der Waals surface area contributed by atoms with Gasteiger partial charge < -0.3 is 14.0 Å². The van der Waals surface area contributed by atoms with E-state index in [1.54, 1.807) is 48.1 Å². The number of rotatable bonds is 5. The standard InChI is InChI=1S/C19H18N2O4S2/c1-5-10-21-15-11-16(24-3)17(25-4)12-18(15)26-19(21)20-27(22,23)14-8-6-13(2)7-9-14/h1,6-9,11-12H,10H2,2-4H3/b20-19-. The summed E-state index contributed by atoms with van der Waals surface area (Å²) in [6.45, 7) is 2.07. The Hall–Kier alpha value is -2.76. The summed E-state index contributed by atoms with van der Waals surface area (Å²) in [5.41, 5.74) is 1.70. The molecule has 1 aromatic heterocycles. The van der Waals surface area contributed by atoms with E-state index in [1.807, 2.05) is 6.92 Å². The van der Waals surface area contributed by atoms with Crippen LogP contribution in [0.2, 0.25) is 0 Å². The molecule has 0 spiro atoms. The minimum absolute atomic E-state index is 0.132. The van der Waals surface area contributed by atoms with E-state index < -0.39 is 10.0 Å². The molecule has 6 nitrogen and oxygen atoms in total. The van der Waals surface area contributed by atoms with Gasteiger partial charge in [-0.05, 0) is 19.1 Å². The number of terminal acetylenes is 1. The minimum atomic E-state index is -3.87. The van der Waals surface area contributed by atoms with Crippen molar-refractivity contribution >= 4 is 31.6 Å². The van der Waals surface area contributed by atoms with Crippen molar-refractivity contribution in [1.82, 2.24) is 4.57 Å². The summed E-state index contributed by atoms with van der Waals surface area (Å²) in [6.07, 6.45) is 5.48. The van der Waals surface area contributed by atoms with Gasteiger partial charge in [0.1, 0.15) is 0 Å². The van der Waals surface area contributed by atoms with Crippen molar-refractivity contribution in [1.29, 1.82) is 0 Å². The lowest BCUT2D eigenvalue weighted by molar-refractivity contribution is 0.355. The average Bonchev–Trinajstić information content (AvgIpc) is 2.96. The molecule has 140 valence electrons. The normalized spacial score (nSPS) is 12.1. The zero-order valence-corrected chi connectivity index (χ0v) is 16.7. The number of thiazole rings is 1. The second kappa shape index (κ2) is 7.47. The highest BCUT2D eigenvalue weighted by Gasteiger charge is 2.16. The summed E-state index contributed by atoms with van der Waals surface area (Å²) in [5.74, 6) is 3.62. The lowest BCUT2D eigenvalue weighted by atomic mass is 10.2. The molecule has 2 aromatic carbocycles. The molecule has 0 bridgehead atoms. The monoisotopic (exact) mass is 402 g/mol. The molecule has 0 saturated heterocycles. The molecular formula is C19H18N2O4S2. The maximum absolute atomic E-state index is 12.7. The number of hydrogen-bond acceptors (Lipinski definition) is 5. The van der Waals surface area contributed by atoms with Gasteiger partial charge in [0.15, 0.2) is 11.5 Å². The summed E-state index contributed by atoms with van der Waals surface area (Å²) in [6, 6.07) is 10.1. The number of sulfonamides is 1. The Morgan fingerprint density at radius 1 is 1.15 bits per heavy atom. The fraction of sp³-hybridized carbons (Fsp3) is 0.211. The van der Waals surface area contributed by atoms with Gasteiger partial charge in [0.2, 0.25) is 4.80 Å². The summed E-state index contributed by atoms with van der Waals surface area (Å²) in [7, 11) is -0.788. The smallest absolute Gasteiger partial charge is 0.285 e. The third-order valence-corrected chi connectivity index (χ3v) is 6.39. The average molecular weight is 402 g/mol. The van der Waals surface area contributed by atoms with Crippen molar-refractivity contribution in [3.05, 3.63) is 46.8 Å². The van der Waals surface area contributed by atoms with Crippen molar-refractivity contribution in [2.75, 3.05) is 14.2 Å². The minimum Gasteiger partial charge on any atom is -0.493 e. The summed E-state index contributed by atoms with van der Waals surface area (Å²) in [4.78, 5) is 0.423. The van der Waals surface area contributed by atoms with Crippen LogP contribution >= 0.6 is 11.3 Å². The topological polar surface area (TPSA) is 69.9 Å². The van der Waals surface area contributed by atoms with Gasteiger partial charge in [0.05, 0.1) is 35.9 Å². The van der Waals surface area contributed by atoms with Crippen LogP contribution in [0.4, 0.5) is 0 Å². The molecular weight excluding hydrogens is 384 g/mol. The van der Waals surface area contributed by atoms with E-state index in [-0.39, 0.29) is 11.4 Å². The molecule has 8 heteroatoms. The molecule has 0 saturated carbocycles. The Morgan fingerprint density at radius 2 is 1.78 bits per heavy atom. The number of methoxy groups -OCH3 is 2. The van der Waals surface area contributed by atoms with Gasteiger partial charge in [0.25, 0.3) is 10.0 Å². The third kappa shape index (κ3) is 3.70. The van der Waals surface area contributed by atoms with Crippen LogP contribution in [0.3, 0.4) is 0 Å². The van der Waals surface area contributed by atoms with E-state index in [1.165, 1.54) is 18.4 Å². The Bertz CT molecular complexity index is 1200. The molecule has 0 unspecified atom stereocenters. The van der Waals surface area contributed by atoms with Gasteiger partial charge in [0, 0.05) is 12.1 Å². The zero-order chi connectivity index (χ0) is 19.6. The Labute approximate surface area is 161 Å². The van der Waals surface area contributed by atoms with Crippen molar-refractivity contribution in [3.63, 3.8) is 0 Å². The number of hydrogen-bond donors (Lipinski definition) is 0. The first-order chi connectivity index (χ1) is 12.9. The molecule has 3 aromatic rings. The molecule has 0 atom stereocenters. The fourth-order valence-electron chi connectivity index (χ4n) is 2.58. The lowest BCUT2D eigenvalue weighted by Gasteiger charge is -2.08. The molecule has 0 N–H and O–H groups in total. The molecule has 0 amide bonds. The van der Waals surface area contributed by atoms with E-state index in [0.29, 0.717) is 16.3 Å². The number of fused-ring (bicyclic) bond motifs is 1. The summed E-state index contributed by atoms with van der Waals surface area (Å²) in [5, 5.41) is 0. The van der Waals surface area contributed by atoms with E-state index in [4.69, 9.17) is 15.9 Å². The lowest BCUT2D eigenvalue weighted by Crippen LogP contribution is -2.16. The molecule has 27 heavy (non-hydrogen) atoms. The number of aryl methyl sites for hydroxylation is 1. The van der Waals surface area contributed by atoms with Crippen LogP contribution in [0, 0.1) is 19.3 Å². The van der Waals surface area contributed by atoms with Crippen LogP contribution in [0.5, 0.6) is 11.5 Å². The van der Waals surface area contributed by atoms with Gasteiger partial charge in [-0.15, -0.1) is 10.8 Å². The molecule has 3 rings (SSSR count). The maximum Gasteiger partial charge on any atom is 0.285 e. The summed E-state index contributed by atoms with van der Waals surface area (Å²) >= 11 is 1.22. The van der Waals surface area contributed by atoms with E-state index >= 15 is 0 Å². The fourth-order valence-corrected chi connectivity index (χ4v) is 4.82. The molecule has 1 heterocycles. The molecule has 0 aliphatic carbocycles. The molecule has 0 aliphatic heterocycles. The number of nitrogens with zero attached hydrogens (tertiary/aromatic N) is 2. The van der Waals surface area contributed by atoms with Crippen LogP contribution in [-0.2, 0) is 16.6 Å². The third-order valence-electron chi connectivity index (χ3n) is 3.95. The first-order valence-electron chi connectivity index (χ1n) is 7.96. The van der Waals surface area contributed by atoms with Gasteiger partial charge in [-0.2, -0.15) is 8.42 Å². The van der Waals surface area contributed by atoms with E-state index in [9.17, 15) is 8.42 Å². The van der Waals surface area contributed by atoms with Crippen LogP contribution in [-0.4, -0.2) is 27.2 Å².